The minimum absolute atomic E-state index is 0.0504. The number of hydrogen-bond acceptors (Lipinski definition) is 3. The fourth-order valence-electron chi connectivity index (χ4n) is 1.99. The Morgan fingerprint density at radius 2 is 1.54 bits per heavy atom. The molecule has 2 rings (SSSR count). The van der Waals surface area contributed by atoms with Gasteiger partial charge in [-0.15, -0.1) is 0 Å². The van der Waals surface area contributed by atoms with Gasteiger partial charge in [-0.3, -0.25) is 4.79 Å². The molecule has 1 atom stereocenters. The lowest BCUT2D eigenvalue weighted by molar-refractivity contribution is 0.0948. The van der Waals surface area contributed by atoms with Crippen LogP contribution in [0.4, 0.5) is 0 Å². The van der Waals surface area contributed by atoms with Crippen molar-refractivity contribution in [1.82, 2.24) is 5.32 Å². The molecule has 0 unspecified atom stereocenters. The molecule has 0 bridgehead atoms. The van der Waals surface area contributed by atoms with E-state index in [1.165, 1.54) is 12.1 Å². The van der Waals surface area contributed by atoms with Gasteiger partial charge >= 0.3 is 0 Å². The van der Waals surface area contributed by atoms with Crippen molar-refractivity contribution in [2.45, 2.75) is 21.0 Å². The van der Waals surface area contributed by atoms with Crippen LogP contribution >= 0.6 is 34.8 Å². The molecule has 0 heterocycles. The lowest BCUT2D eigenvalue weighted by Crippen LogP contribution is -2.49. The Balaban J connectivity index is 2.37. The molecule has 0 aromatic heterocycles. The summed E-state index contributed by atoms with van der Waals surface area (Å²) in [6.45, 7) is 1.87. The van der Waals surface area contributed by atoms with E-state index in [1.807, 2.05) is 6.92 Å². The van der Waals surface area contributed by atoms with Gasteiger partial charge in [-0.05, 0) is 31.2 Å². The molecule has 2 aromatic rings. The Kier molecular flexibility index (Phi) is 5.81. The minimum atomic E-state index is -4.10. The average molecular weight is 407 g/mol. The molecule has 0 radical (unpaired) electrons. The second-order valence-corrected chi connectivity index (χ2v) is 9.52. The number of amides is 1. The van der Waals surface area contributed by atoms with Crippen molar-refractivity contribution < 1.29 is 13.2 Å². The monoisotopic (exact) mass is 405 g/mol. The molecule has 4 nitrogen and oxygen atoms in total. The Hall–Kier alpha value is -1.27. The quantitative estimate of drug-likeness (QED) is 0.783. The van der Waals surface area contributed by atoms with Gasteiger partial charge < -0.3 is 5.32 Å². The zero-order valence-electron chi connectivity index (χ0n) is 12.5. The van der Waals surface area contributed by atoms with Crippen LogP contribution in [0.15, 0.2) is 59.5 Å². The number of rotatable bonds is 4. The highest BCUT2D eigenvalue weighted by Gasteiger charge is 2.44. The zero-order valence-corrected chi connectivity index (χ0v) is 15.6. The second kappa shape index (κ2) is 7.31. The minimum Gasteiger partial charge on any atom is -0.332 e. The molecule has 1 N–H and O–H groups in total. The summed E-state index contributed by atoms with van der Waals surface area (Å²) in [7, 11) is -4.10. The van der Waals surface area contributed by atoms with Crippen molar-refractivity contribution in [3.63, 3.8) is 0 Å². The molecule has 0 spiro atoms. The molecule has 0 aliphatic rings. The fraction of sp³-hybridized carbons (Fsp3) is 0.188. The summed E-state index contributed by atoms with van der Waals surface area (Å²) >= 11 is 17.5. The van der Waals surface area contributed by atoms with Gasteiger partial charge in [0.1, 0.15) is 0 Å². The number of aryl methyl sites for hydroxylation is 1. The number of nitrogens with one attached hydrogen (secondary N) is 1. The van der Waals surface area contributed by atoms with Gasteiger partial charge in [0.25, 0.3) is 5.91 Å². The number of benzene rings is 2. The maximum atomic E-state index is 12.7. The SMILES string of the molecule is Cc1ccc(C(=O)N[C@H](C(Cl)(Cl)Cl)S(=O)(=O)c2ccccc2)cc1. The highest BCUT2D eigenvalue weighted by Crippen LogP contribution is 2.35. The molecule has 128 valence electrons. The van der Waals surface area contributed by atoms with Crippen molar-refractivity contribution in [3.05, 3.63) is 65.7 Å². The molecular formula is C16H14Cl3NO3S. The van der Waals surface area contributed by atoms with Gasteiger partial charge in [0.05, 0.1) is 4.90 Å². The van der Waals surface area contributed by atoms with Gasteiger partial charge in [0.15, 0.2) is 5.37 Å². The third-order valence-electron chi connectivity index (χ3n) is 3.26. The summed E-state index contributed by atoms with van der Waals surface area (Å²) in [4.78, 5) is 12.3. The van der Waals surface area contributed by atoms with E-state index in [9.17, 15) is 13.2 Å². The van der Waals surface area contributed by atoms with Crippen molar-refractivity contribution >= 4 is 50.5 Å². The molecule has 24 heavy (non-hydrogen) atoms. The van der Waals surface area contributed by atoms with Crippen LogP contribution in [0.3, 0.4) is 0 Å². The number of alkyl halides is 3. The predicted molar refractivity (Wildman–Crippen MR) is 96.4 cm³/mol. The van der Waals surface area contributed by atoms with Crippen LogP contribution in [0.25, 0.3) is 0 Å². The van der Waals surface area contributed by atoms with E-state index in [4.69, 9.17) is 34.8 Å². The highest BCUT2D eigenvalue weighted by molar-refractivity contribution is 7.92. The van der Waals surface area contributed by atoms with E-state index in [0.29, 0.717) is 0 Å². The summed E-state index contributed by atoms with van der Waals surface area (Å²) in [6, 6.07) is 14.1. The van der Waals surface area contributed by atoms with Crippen molar-refractivity contribution in [2.24, 2.45) is 0 Å². The number of sulfone groups is 1. The van der Waals surface area contributed by atoms with E-state index >= 15 is 0 Å². The maximum absolute atomic E-state index is 12.7. The summed E-state index contributed by atoms with van der Waals surface area (Å²) in [5.41, 5.74) is 1.23. The maximum Gasteiger partial charge on any atom is 0.252 e. The molecule has 0 fully saturated rings. The van der Waals surface area contributed by atoms with E-state index in [0.717, 1.165) is 5.56 Å². The Morgan fingerprint density at radius 3 is 2.04 bits per heavy atom. The molecule has 8 heteroatoms. The first-order chi connectivity index (χ1) is 11.1. The molecule has 1 amide bonds. The molecule has 0 saturated carbocycles. The van der Waals surface area contributed by atoms with Gasteiger partial charge in [0.2, 0.25) is 13.6 Å². The van der Waals surface area contributed by atoms with Gasteiger partial charge in [0, 0.05) is 5.56 Å². The van der Waals surface area contributed by atoms with Crippen LogP contribution in [0.5, 0.6) is 0 Å². The Bertz CT molecular complexity index is 816. The lowest BCUT2D eigenvalue weighted by atomic mass is 10.1. The van der Waals surface area contributed by atoms with Gasteiger partial charge in [-0.25, -0.2) is 8.42 Å². The number of carbonyl (C=O) groups excluding carboxylic acids is 1. The largest absolute Gasteiger partial charge is 0.332 e. The van der Waals surface area contributed by atoms with Gasteiger partial charge in [-0.1, -0.05) is 70.7 Å². The standard InChI is InChI=1S/C16H14Cl3NO3S/c1-11-7-9-12(10-8-11)14(21)20-15(16(17,18)19)24(22,23)13-5-3-2-4-6-13/h2-10,15H,1H3,(H,20,21)/t15-/m0/s1. The first kappa shape index (κ1) is 19.1. The van der Waals surface area contributed by atoms with Crippen molar-refractivity contribution in [2.75, 3.05) is 0 Å². The van der Waals surface area contributed by atoms with Crippen molar-refractivity contribution in [3.8, 4) is 0 Å². The molecular weight excluding hydrogens is 393 g/mol. The first-order valence-corrected chi connectivity index (χ1v) is 9.53. The second-order valence-electron chi connectivity index (χ2n) is 5.12. The van der Waals surface area contributed by atoms with E-state index in [1.54, 1.807) is 42.5 Å². The van der Waals surface area contributed by atoms with Crippen LogP contribution in [0.1, 0.15) is 15.9 Å². The summed E-state index contributed by atoms with van der Waals surface area (Å²) in [5.74, 6) is -0.647. The van der Waals surface area contributed by atoms with Crippen LogP contribution in [0.2, 0.25) is 0 Å². The third kappa shape index (κ3) is 4.42. The van der Waals surface area contributed by atoms with Crippen LogP contribution in [-0.2, 0) is 9.84 Å². The van der Waals surface area contributed by atoms with Crippen LogP contribution in [-0.4, -0.2) is 23.5 Å². The predicted octanol–water partition coefficient (Wildman–Crippen LogP) is 3.90. The Labute approximate surface area is 155 Å². The highest BCUT2D eigenvalue weighted by atomic mass is 35.6. The summed E-state index contributed by atoms with van der Waals surface area (Å²) < 4.78 is 23.2. The average Bonchev–Trinajstić information content (AvgIpc) is 2.52. The fourth-order valence-corrected chi connectivity index (χ4v) is 4.63. The van der Waals surface area contributed by atoms with E-state index < -0.39 is 24.9 Å². The summed E-state index contributed by atoms with van der Waals surface area (Å²) in [5, 5.41) is 0.578. The molecule has 0 saturated heterocycles. The molecule has 0 aliphatic heterocycles. The number of hydrogen-bond donors (Lipinski definition) is 1. The molecule has 2 aromatic carbocycles. The first-order valence-electron chi connectivity index (χ1n) is 6.85. The van der Waals surface area contributed by atoms with Gasteiger partial charge in [-0.2, -0.15) is 0 Å². The topological polar surface area (TPSA) is 63.2 Å². The van der Waals surface area contributed by atoms with Crippen LogP contribution in [0, 0.1) is 6.92 Å². The Morgan fingerprint density at radius 1 is 1.00 bits per heavy atom. The zero-order chi connectivity index (χ0) is 18.0. The van der Waals surface area contributed by atoms with E-state index in [-0.39, 0.29) is 10.5 Å². The summed E-state index contributed by atoms with van der Waals surface area (Å²) in [6.07, 6.45) is 0. The van der Waals surface area contributed by atoms with E-state index in [2.05, 4.69) is 5.32 Å². The normalized spacial score (nSPS) is 13.3. The van der Waals surface area contributed by atoms with Crippen LogP contribution < -0.4 is 5.32 Å². The molecule has 0 aliphatic carbocycles. The number of carbonyl (C=O) groups is 1. The third-order valence-corrected chi connectivity index (χ3v) is 6.32. The van der Waals surface area contributed by atoms with Crippen molar-refractivity contribution in [1.29, 1.82) is 0 Å². The smallest absolute Gasteiger partial charge is 0.252 e. The number of halogens is 3. The lowest BCUT2D eigenvalue weighted by Gasteiger charge is -2.25.